The van der Waals surface area contributed by atoms with Gasteiger partial charge in [-0.05, 0) is 25.0 Å². The van der Waals surface area contributed by atoms with E-state index >= 15 is 0 Å². The minimum Gasteiger partial charge on any atom is -0.492 e. The van der Waals surface area contributed by atoms with Gasteiger partial charge in [-0.1, -0.05) is 25.1 Å². The number of carboxylic acid groups (broad SMARTS) is 1. The van der Waals surface area contributed by atoms with Gasteiger partial charge in [-0.25, -0.2) is 0 Å². The Balaban J connectivity index is 2.29. The summed E-state index contributed by atoms with van der Waals surface area (Å²) in [5.74, 6) is 0.823. The number of aryl methyl sites for hydroxylation is 1. The maximum absolute atomic E-state index is 10.8. The topological polar surface area (TPSA) is 46.5 Å². The molecular weight excluding hydrogens is 236 g/mol. The molecule has 0 aromatic heterocycles. The van der Waals surface area contributed by atoms with Crippen molar-refractivity contribution in [1.29, 1.82) is 0 Å². The van der Waals surface area contributed by atoms with E-state index in [1.54, 1.807) is 0 Å². The number of hydrogen-bond acceptors (Lipinski definition) is 3. The molecule has 0 aliphatic rings. The molecule has 0 radical (unpaired) electrons. The molecule has 1 N–H and O–H groups in total. The Morgan fingerprint density at radius 3 is 2.76 bits per heavy atom. The summed E-state index contributed by atoms with van der Waals surface area (Å²) in [5, 5.41) is 8.55. The number of benzene rings is 1. The maximum atomic E-state index is 10.8. The van der Waals surface area contributed by atoms with E-state index in [2.05, 4.69) is 0 Å². The van der Waals surface area contributed by atoms with E-state index in [0.29, 0.717) is 18.8 Å². The second-order valence-electron chi connectivity index (χ2n) is 3.72. The third kappa shape index (κ3) is 4.69. The summed E-state index contributed by atoms with van der Waals surface area (Å²) in [6.07, 6.45) is 0.643. The molecule has 0 spiro atoms. The van der Waals surface area contributed by atoms with E-state index in [1.807, 2.05) is 38.1 Å². The number of rotatable bonds is 7. The summed E-state index contributed by atoms with van der Waals surface area (Å²) >= 11 is 1.43. The quantitative estimate of drug-likeness (QED) is 0.760. The number of carboxylic acids is 1. The van der Waals surface area contributed by atoms with Crippen LogP contribution in [0.4, 0.5) is 0 Å². The van der Waals surface area contributed by atoms with Gasteiger partial charge in [0.15, 0.2) is 0 Å². The van der Waals surface area contributed by atoms with Crippen LogP contribution in [0.3, 0.4) is 0 Å². The van der Waals surface area contributed by atoms with Gasteiger partial charge >= 0.3 is 5.97 Å². The van der Waals surface area contributed by atoms with Crippen molar-refractivity contribution in [1.82, 2.24) is 0 Å². The molecular formula is C13H18O3S. The zero-order chi connectivity index (χ0) is 12.7. The first-order valence-electron chi connectivity index (χ1n) is 5.68. The van der Waals surface area contributed by atoms with Crippen molar-refractivity contribution in [3.05, 3.63) is 29.8 Å². The van der Waals surface area contributed by atoms with Crippen molar-refractivity contribution in [2.45, 2.75) is 25.5 Å². The van der Waals surface area contributed by atoms with Crippen LogP contribution in [-0.2, 0) is 4.79 Å². The lowest BCUT2D eigenvalue weighted by Gasteiger charge is -2.11. The molecule has 0 fully saturated rings. The highest BCUT2D eigenvalue weighted by atomic mass is 32.2. The van der Waals surface area contributed by atoms with Gasteiger partial charge in [0.1, 0.15) is 11.0 Å². The van der Waals surface area contributed by atoms with Crippen LogP contribution in [0.1, 0.15) is 18.9 Å². The van der Waals surface area contributed by atoms with Crippen molar-refractivity contribution in [2.75, 3.05) is 12.4 Å². The minimum absolute atomic E-state index is 0.324. The summed E-state index contributed by atoms with van der Waals surface area (Å²) in [7, 11) is 0. The van der Waals surface area contributed by atoms with E-state index in [1.165, 1.54) is 11.8 Å². The number of hydrogen-bond donors (Lipinski definition) is 1. The lowest BCUT2D eigenvalue weighted by Crippen LogP contribution is -2.17. The fourth-order valence-electron chi connectivity index (χ4n) is 1.42. The molecule has 0 heterocycles. The molecule has 0 bridgehead atoms. The maximum Gasteiger partial charge on any atom is 0.316 e. The van der Waals surface area contributed by atoms with Gasteiger partial charge < -0.3 is 9.84 Å². The van der Waals surface area contributed by atoms with E-state index in [-0.39, 0.29) is 5.25 Å². The molecule has 17 heavy (non-hydrogen) atoms. The summed E-state index contributed by atoms with van der Waals surface area (Å²) < 4.78 is 5.60. The number of thioether (sulfide) groups is 1. The molecule has 0 amide bonds. The van der Waals surface area contributed by atoms with Gasteiger partial charge in [0.25, 0.3) is 0 Å². The van der Waals surface area contributed by atoms with Crippen LogP contribution in [0.2, 0.25) is 0 Å². The second kappa shape index (κ2) is 7.22. The zero-order valence-electron chi connectivity index (χ0n) is 10.2. The number of aliphatic carboxylic acids is 1. The largest absolute Gasteiger partial charge is 0.492 e. The average molecular weight is 254 g/mol. The van der Waals surface area contributed by atoms with Crippen LogP contribution in [-0.4, -0.2) is 28.7 Å². The van der Waals surface area contributed by atoms with Gasteiger partial charge in [-0.15, -0.1) is 11.8 Å². The van der Waals surface area contributed by atoms with Gasteiger partial charge in [0.05, 0.1) is 6.61 Å². The van der Waals surface area contributed by atoms with Crippen LogP contribution in [0.5, 0.6) is 5.75 Å². The fourth-order valence-corrected chi connectivity index (χ4v) is 2.27. The smallest absolute Gasteiger partial charge is 0.316 e. The Bertz CT molecular complexity index is 365. The molecule has 1 atom stereocenters. The standard InChI is InChI=1S/C13H18O3S/c1-3-12(13(14)15)17-9-8-16-11-7-5-4-6-10(11)2/h4-7,12H,3,8-9H2,1-2H3,(H,14,15). The predicted octanol–water partition coefficient (Wildman–Crippen LogP) is 2.97. The normalized spacial score (nSPS) is 12.1. The zero-order valence-corrected chi connectivity index (χ0v) is 11.0. The molecule has 0 saturated heterocycles. The van der Waals surface area contributed by atoms with Crippen LogP contribution < -0.4 is 4.74 Å². The fraction of sp³-hybridized carbons (Fsp3) is 0.462. The van der Waals surface area contributed by atoms with Crippen LogP contribution >= 0.6 is 11.8 Å². The summed E-state index contributed by atoms with van der Waals surface area (Å²) in [6, 6.07) is 7.82. The summed E-state index contributed by atoms with van der Waals surface area (Å²) in [5.41, 5.74) is 1.10. The van der Waals surface area contributed by atoms with Gasteiger partial charge in [-0.2, -0.15) is 0 Å². The second-order valence-corrected chi connectivity index (χ2v) is 5.03. The Labute approximate surface area is 106 Å². The Kier molecular flexibility index (Phi) is 5.91. The molecule has 4 heteroatoms. The van der Waals surface area contributed by atoms with E-state index in [0.717, 1.165) is 11.3 Å². The molecule has 1 aromatic rings. The first-order valence-corrected chi connectivity index (χ1v) is 6.73. The van der Waals surface area contributed by atoms with Gasteiger partial charge in [0, 0.05) is 5.75 Å². The predicted molar refractivity (Wildman–Crippen MR) is 70.8 cm³/mol. The highest BCUT2D eigenvalue weighted by Crippen LogP contribution is 2.18. The van der Waals surface area contributed by atoms with Crippen molar-refractivity contribution >= 4 is 17.7 Å². The van der Waals surface area contributed by atoms with Crippen molar-refractivity contribution in [3.8, 4) is 5.75 Å². The Morgan fingerprint density at radius 1 is 1.47 bits per heavy atom. The molecule has 0 aliphatic carbocycles. The van der Waals surface area contributed by atoms with E-state index in [4.69, 9.17) is 9.84 Å². The molecule has 1 aromatic carbocycles. The minimum atomic E-state index is -0.742. The molecule has 1 rings (SSSR count). The molecule has 1 unspecified atom stereocenters. The van der Waals surface area contributed by atoms with Crippen LogP contribution in [0, 0.1) is 6.92 Å². The molecule has 94 valence electrons. The van der Waals surface area contributed by atoms with Crippen molar-refractivity contribution in [3.63, 3.8) is 0 Å². The molecule has 3 nitrogen and oxygen atoms in total. The van der Waals surface area contributed by atoms with E-state index < -0.39 is 5.97 Å². The van der Waals surface area contributed by atoms with Crippen LogP contribution in [0.15, 0.2) is 24.3 Å². The molecule has 0 aliphatic heterocycles. The third-order valence-corrected chi connectivity index (χ3v) is 3.74. The first kappa shape index (κ1) is 13.9. The number of carbonyl (C=O) groups is 1. The lowest BCUT2D eigenvalue weighted by molar-refractivity contribution is -0.136. The average Bonchev–Trinajstić information content (AvgIpc) is 2.31. The highest BCUT2D eigenvalue weighted by Gasteiger charge is 2.14. The van der Waals surface area contributed by atoms with Crippen LogP contribution in [0.25, 0.3) is 0 Å². The first-order chi connectivity index (χ1) is 8.15. The van der Waals surface area contributed by atoms with Crippen molar-refractivity contribution in [2.24, 2.45) is 0 Å². The van der Waals surface area contributed by atoms with E-state index in [9.17, 15) is 4.79 Å². The monoisotopic (exact) mass is 254 g/mol. The lowest BCUT2D eigenvalue weighted by atomic mass is 10.2. The Hall–Kier alpha value is -1.16. The highest BCUT2D eigenvalue weighted by molar-refractivity contribution is 8.00. The summed E-state index contributed by atoms with van der Waals surface area (Å²) in [6.45, 7) is 4.42. The van der Waals surface area contributed by atoms with Gasteiger partial charge in [-0.3, -0.25) is 4.79 Å². The number of para-hydroxylation sites is 1. The third-order valence-electron chi connectivity index (χ3n) is 2.40. The van der Waals surface area contributed by atoms with Gasteiger partial charge in [0.2, 0.25) is 0 Å². The Morgan fingerprint density at radius 2 is 2.18 bits per heavy atom. The SMILES string of the molecule is CCC(SCCOc1ccccc1C)C(=O)O. The number of ether oxygens (including phenoxy) is 1. The summed E-state index contributed by atoms with van der Waals surface area (Å²) in [4.78, 5) is 10.8. The van der Waals surface area contributed by atoms with Crippen molar-refractivity contribution < 1.29 is 14.6 Å². The molecule has 0 saturated carbocycles.